The molecule has 0 bridgehead atoms. The summed E-state index contributed by atoms with van der Waals surface area (Å²) < 4.78 is 68.9. The number of esters is 4. The zero-order chi connectivity index (χ0) is 78.8. The number of aliphatic hydroxyl groups excluding tert-OH is 1. The fraction of sp³-hybridized carbons (Fsp3) is 0.955. The number of ether oxygens (including phenoxy) is 4. The van der Waals surface area contributed by atoms with Crippen LogP contribution in [0.2, 0.25) is 0 Å². The van der Waals surface area contributed by atoms with Crippen LogP contribution in [-0.4, -0.2) is 96.7 Å². The third-order valence-electron chi connectivity index (χ3n) is 20.9. The maximum Gasteiger partial charge on any atom is 0.472 e. The Balaban J connectivity index is 5.21. The Kier molecular flexibility index (Phi) is 75.3. The predicted molar refractivity (Wildman–Crippen MR) is 441 cm³/mol. The van der Waals surface area contributed by atoms with Crippen molar-refractivity contribution in [1.29, 1.82) is 0 Å². The molecule has 0 aliphatic rings. The number of unbranched alkanes of at least 4 members (excludes halogenated alkanes) is 50. The van der Waals surface area contributed by atoms with E-state index in [0.717, 1.165) is 114 Å². The first-order valence-corrected chi connectivity index (χ1v) is 48.2. The third-order valence-corrected chi connectivity index (χ3v) is 22.8. The van der Waals surface area contributed by atoms with Gasteiger partial charge in [0.15, 0.2) is 12.2 Å². The van der Waals surface area contributed by atoms with Gasteiger partial charge in [0.25, 0.3) is 0 Å². The molecule has 0 radical (unpaired) electrons. The van der Waals surface area contributed by atoms with Gasteiger partial charge >= 0.3 is 39.5 Å². The van der Waals surface area contributed by atoms with Crippen LogP contribution in [0.1, 0.15) is 460 Å². The lowest BCUT2D eigenvalue weighted by atomic mass is 9.99. The third kappa shape index (κ3) is 80.5. The van der Waals surface area contributed by atoms with Crippen molar-refractivity contribution in [2.24, 2.45) is 23.7 Å². The fourth-order valence-corrected chi connectivity index (χ4v) is 15.2. The van der Waals surface area contributed by atoms with Crippen molar-refractivity contribution in [3.63, 3.8) is 0 Å². The van der Waals surface area contributed by atoms with Crippen LogP contribution in [0.5, 0.6) is 0 Å². The van der Waals surface area contributed by atoms with E-state index in [1.807, 2.05) is 0 Å². The van der Waals surface area contributed by atoms with Gasteiger partial charge in [-0.2, -0.15) is 0 Å². The average molecular weight is 1560 g/mol. The maximum absolute atomic E-state index is 13.2. The molecule has 19 heteroatoms. The van der Waals surface area contributed by atoms with E-state index in [1.54, 1.807) is 0 Å². The minimum atomic E-state index is -4.97. The van der Waals surface area contributed by atoms with Crippen molar-refractivity contribution < 1.29 is 80.2 Å². The molecule has 4 unspecified atom stereocenters. The van der Waals surface area contributed by atoms with Crippen LogP contribution in [0.15, 0.2) is 0 Å². The van der Waals surface area contributed by atoms with E-state index in [1.165, 1.54) is 257 Å². The SMILES string of the molecule is CCC(C)CCCCCCCCCCCCCCCCCCCCC(=O)OC[C@H](COP(=O)(O)OCC(O)COP(=O)(O)OC[C@@H](COC(=O)CCCCCCCCCC(C)C)OC(=O)CCCCCCCCCCCCCC(C)C)OC(=O)CCCCCCCCCCCCCCCCCCCCC(C)C. The number of hydrogen-bond donors (Lipinski definition) is 3. The van der Waals surface area contributed by atoms with E-state index in [2.05, 4.69) is 55.4 Å². The van der Waals surface area contributed by atoms with Crippen LogP contribution in [0.4, 0.5) is 0 Å². The van der Waals surface area contributed by atoms with E-state index in [0.29, 0.717) is 31.6 Å². The quantitative estimate of drug-likeness (QED) is 0.0222. The molecule has 0 saturated carbocycles. The van der Waals surface area contributed by atoms with E-state index in [9.17, 15) is 43.2 Å². The highest BCUT2D eigenvalue weighted by Gasteiger charge is 2.31. The summed E-state index contributed by atoms with van der Waals surface area (Å²) in [5.41, 5.74) is 0. The molecule has 636 valence electrons. The lowest BCUT2D eigenvalue weighted by Crippen LogP contribution is -2.30. The molecule has 0 saturated heterocycles. The molecule has 0 aliphatic carbocycles. The predicted octanol–water partition coefficient (Wildman–Crippen LogP) is 26.7. The molecule has 0 fully saturated rings. The standard InChI is InChI=1S/C88H172O17P2/c1-9-81(8)67-59-51-43-35-29-23-19-15-11-13-16-20-24-30-36-44-52-60-68-85(90)98-74-83(104-87(92)70-62-54-45-37-31-25-21-17-12-10-14-18-22-27-33-40-48-56-64-78(2)3)76-102-106(94,95)100-72-82(89)73-101-107(96,97)103-77-84(75-99-86(91)69-61-53-47-39-42-50-58-66-80(6)7)105-88(93)71-63-55-46-38-32-26-28-34-41-49-57-65-79(4)5/h78-84,89H,9-77H2,1-8H3,(H,94,95)(H,96,97)/t81?,82?,83-,84-/m1/s1. The Bertz CT molecular complexity index is 2080. The van der Waals surface area contributed by atoms with Crippen LogP contribution >= 0.6 is 15.6 Å². The molecule has 0 amide bonds. The van der Waals surface area contributed by atoms with E-state index < -0.39 is 97.5 Å². The first-order valence-electron chi connectivity index (χ1n) is 45.2. The highest BCUT2D eigenvalue weighted by Crippen LogP contribution is 2.45. The maximum atomic E-state index is 13.2. The molecule has 3 N–H and O–H groups in total. The Labute approximate surface area is 658 Å². The zero-order valence-corrected chi connectivity index (χ0v) is 72.6. The van der Waals surface area contributed by atoms with Crippen molar-refractivity contribution in [3.05, 3.63) is 0 Å². The van der Waals surface area contributed by atoms with Crippen LogP contribution in [0.25, 0.3) is 0 Å². The number of aliphatic hydroxyl groups is 1. The lowest BCUT2D eigenvalue weighted by Gasteiger charge is -2.21. The molecule has 0 aromatic heterocycles. The summed E-state index contributed by atoms with van der Waals surface area (Å²) in [5, 5.41) is 10.7. The van der Waals surface area contributed by atoms with Gasteiger partial charge in [0.1, 0.15) is 19.3 Å². The van der Waals surface area contributed by atoms with Gasteiger partial charge in [-0.25, -0.2) is 9.13 Å². The molecule has 0 rings (SSSR count). The highest BCUT2D eigenvalue weighted by molar-refractivity contribution is 7.47. The van der Waals surface area contributed by atoms with Gasteiger partial charge in [-0.05, 0) is 49.4 Å². The van der Waals surface area contributed by atoms with Gasteiger partial charge < -0.3 is 33.8 Å². The Morgan fingerprint density at radius 1 is 0.262 bits per heavy atom. The first kappa shape index (κ1) is 105. The minimum absolute atomic E-state index is 0.106. The van der Waals surface area contributed by atoms with Gasteiger partial charge in [-0.1, -0.05) is 409 Å². The van der Waals surface area contributed by atoms with Gasteiger partial charge in [-0.3, -0.25) is 37.3 Å². The molecule has 0 heterocycles. The number of rotatable bonds is 85. The Morgan fingerprint density at radius 2 is 0.449 bits per heavy atom. The van der Waals surface area contributed by atoms with Gasteiger partial charge in [0.05, 0.1) is 26.4 Å². The molecule has 6 atom stereocenters. The van der Waals surface area contributed by atoms with Crippen LogP contribution in [0.3, 0.4) is 0 Å². The van der Waals surface area contributed by atoms with Gasteiger partial charge in [-0.15, -0.1) is 0 Å². The fourth-order valence-electron chi connectivity index (χ4n) is 13.6. The second kappa shape index (κ2) is 76.7. The number of carbonyl (C=O) groups excluding carboxylic acids is 4. The normalized spacial score (nSPS) is 14.1. The number of hydrogen-bond acceptors (Lipinski definition) is 15. The molecular formula is C88H172O17P2. The largest absolute Gasteiger partial charge is 0.472 e. The van der Waals surface area contributed by atoms with Crippen LogP contribution < -0.4 is 0 Å². The summed E-state index contributed by atoms with van der Waals surface area (Å²) in [4.78, 5) is 73.2. The molecule has 0 aromatic rings. The lowest BCUT2D eigenvalue weighted by molar-refractivity contribution is -0.161. The first-order chi connectivity index (χ1) is 51.6. The van der Waals surface area contributed by atoms with E-state index >= 15 is 0 Å². The second-order valence-corrected chi connectivity index (χ2v) is 36.2. The molecule has 0 spiro atoms. The molecule has 0 aromatic carbocycles. The summed E-state index contributed by atoms with van der Waals surface area (Å²) >= 11 is 0. The second-order valence-electron chi connectivity index (χ2n) is 33.3. The molecule has 17 nitrogen and oxygen atoms in total. The van der Waals surface area contributed by atoms with Gasteiger partial charge in [0.2, 0.25) is 0 Å². The topological polar surface area (TPSA) is 237 Å². The Morgan fingerprint density at radius 3 is 0.664 bits per heavy atom. The summed E-state index contributed by atoms with van der Waals surface area (Å²) in [5.74, 6) is 1.06. The summed E-state index contributed by atoms with van der Waals surface area (Å²) in [7, 11) is -9.93. The minimum Gasteiger partial charge on any atom is -0.462 e. The van der Waals surface area contributed by atoms with Crippen molar-refractivity contribution in [2.45, 2.75) is 478 Å². The molecule has 107 heavy (non-hydrogen) atoms. The van der Waals surface area contributed by atoms with Crippen molar-refractivity contribution in [1.82, 2.24) is 0 Å². The average Bonchev–Trinajstić information content (AvgIpc) is 0.904. The molecular weight excluding hydrogens is 1390 g/mol. The molecule has 0 aliphatic heterocycles. The van der Waals surface area contributed by atoms with Crippen molar-refractivity contribution >= 4 is 39.5 Å². The zero-order valence-electron chi connectivity index (χ0n) is 70.8. The summed E-state index contributed by atoms with van der Waals surface area (Å²) in [6.07, 6.45) is 66.8. The highest BCUT2D eigenvalue weighted by atomic mass is 31.2. The smallest absolute Gasteiger partial charge is 0.462 e. The number of phosphoric ester groups is 2. The van der Waals surface area contributed by atoms with E-state index in [4.69, 9.17) is 37.0 Å². The van der Waals surface area contributed by atoms with Gasteiger partial charge in [0, 0.05) is 25.7 Å². The Hall–Kier alpha value is -1.94. The van der Waals surface area contributed by atoms with E-state index in [-0.39, 0.29) is 25.7 Å². The summed E-state index contributed by atoms with van der Waals surface area (Å²) in [6, 6.07) is 0. The monoisotopic (exact) mass is 1560 g/mol. The van der Waals surface area contributed by atoms with Crippen molar-refractivity contribution in [3.8, 4) is 0 Å². The van der Waals surface area contributed by atoms with Crippen molar-refractivity contribution in [2.75, 3.05) is 39.6 Å². The number of carbonyl (C=O) groups is 4. The van der Waals surface area contributed by atoms with Crippen LogP contribution in [0, 0.1) is 23.7 Å². The summed E-state index contributed by atoms with van der Waals surface area (Å²) in [6.45, 7) is 14.3. The number of phosphoric acid groups is 2. The van der Waals surface area contributed by atoms with Crippen LogP contribution in [-0.2, 0) is 65.4 Å².